The maximum atomic E-state index is 12.4. The van der Waals surface area contributed by atoms with Gasteiger partial charge in [0.25, 0.3) is 0 Å². The highest BCUT2D eigenvalue weighted by molar-refractivity contribution is 5.91. The number of hydrogen-bond donors (Lipinski definition) is 0. The van der Waals surface area contributed by atoms with Crippen LogP contribution in [0.1, 0.15) is 40.5 Å². The second-order valence-corrected chi connectivity index (χ2v) is 6.93. The largest absolute Gasteiger partial charge is 0.444 e. The smallest absolute Gasteiger partial charge is 0.410 e. The van der Waals surface area contributed by atoms with Crippen molar-refractivity contribution in [1.82, 2.24) is 4.90 Å². The molecule has 0 radical (unpaired) electrons. The minimum Gasteiger partial charge on any atom is -0.444 e. The van der Waals surface area contributed by atoms with Crippen LogP contribution in [0.2, 0.25) is 0 Å². The highest BCUT2D eigenvalue weighted by Gasteiger charge is 2.33. The van der Waals surface area contributed by atoms with Gasteiger partial charge in [-0.15, -0.1) is 0 Å². The third-order valence-electron chi connectivity index (χ3n) is 3.85. The van der Waals surface area contributed by atoms with Crippen LogP contribution in [0.15, 0.2) is 30.3 Å². The van der Waals surface area contributed by atoms with E-state index in [0.29, 0.717) is 13.1 Å². The summed E-state index contributed by atoms with van der Waals surface area (Å²) in [5, 5.41) is 0. The van der Waals surface area contributed by atoms with E-state index in [1.807, 2.05) is 51.1 Å². The number of benzene rings is 1. The third-order valence-corrected chi connectivity index (χ3v) is 3.85. The average molecular weight is 318 g/mol. The SMILES string of the molecule is CC(=O)N(CC1CCCN1C(=O)OC(C)(C)C)c1ccccc1. The normalized spacial score (nSPS) is 17.9. The Hall–Kier alpha value is -2.04. The van der Waals surface area contributed by atoms with E-state index in [-0.39, 0.29) is 18.0 Å². The summed E-state index contributed by atoms with van der Waals surface area (Å²) in [4.78, 5) is 27.9. The number of carbonyl (C=O) groups is 2. The molecular weight excluding hydrogens is 292 g/mol. The lowest BCUT2D eigenvalue weighted by atomic mass is 10.2. The van der Waals surface area contributed by atoms with Gasteiger partial charge in [0, 0.05) is 25.7 Å². The number of carbonyl (C=O) groups excluding carboxylic acids is 2. The molecule has 1 saturated heterocycles. The summed E-state index contributed by atoms with van der Waals surface area (Å²) in [6.07, 6.45) is 1.52. The Bertz CT molecular complexity index is 551. The highest BCUT2D eigenvalue weighted by atomic mass is 16.6. The van der Waals surface area contributed by atoms with Gasteiger partial charge in [-0.3, -0.25) is 4.79 Å². The van der Waals surface area contributed by atoms with Crippen molar-refractivity contribution in [2.24, 2.45) is 0 Å². The van der Waals surface area contributed by atoms with Crippen LogP contribution in [-0.2, 0) is 9.53 Å². The van der Waals surface area contributed by atoms with Gasteiger partial charge >= 0.3 is 6.09 Å². The fourth-order valence-electron chi connectivity index (χ4n) is 2.82. The number of anilines is 1. The fraction of sp³-hybridized carbons (Fsp3) is 0.556. The summed E-state index contributed by atoms with van der Waals surface area (Å²) in [5.74, 6) is -0.0211. The number of rotatable bonds is 3. The summed E-state index contributed by atoms with van der Waals surface area (Å²) < 4.78 is 5.48. The van der Waals surface area contributed by atoms with Crippen LogP contribution in [0.3, 0.4) is 0 Å². The number of likely N-dealkylation sites (tertiary alicyclic amines) is 1. The molecular formula is C18H26N2O3. The molecule has 0 aromatic heterocycles. The number of para-hydroxylation sites is 1. The van der Waals surface area contributed by atoms with Crippen LogP contribution >= 0.6 is 0 Å². The molecule has 0 aliphatic carbocycles. The van der Waals surface area contributed by atoms with Crippen molar-refractivity contribution in [1.29, 1.82) is 0 Å². The zero-order valence-electron chi connectivity index (χ0n) is 14.4. The molecule has 1 fully saturated rings. The molecule has 0 spiro atoms. The molecule has 1 aliphatic heterocycles. The number of amides is 2. The Morgan fingerprint density at radius 3 is 2.48 bits per heavy atom. The van der Waals surface area contributed by atoms with Gasteiger partial charge in [-0.05, 0) is 45.7 Å². The Kier molecular flexibility index (Phi) is 5.29. The Labute approximate surface area is 138 Å². The Balaban J connectivity index is 2.10. The van der Waals surface area contributed by atoms with Gasteiger partial charge in [-0.25, -0.2) is 4.79 Å². The summed E-state index contributed by atoms with van der Waals surface area (Å²) in [6.45, 7) is 8.32. The van der Waals surface area contributed by atoms with E-state index < -0.39 is 5.60 Å². The predicted octanol–water partition coefficient (Wildman–Crippen LogP) is 3.44. The van der Waals surface area contributed by atoms with Crippen molar-refractivity contribution in [3.05, 3.63) is 30.3 Å². The van der Waals surface area contributed by atoms with Gasteiger partial charge in [0.2, 0.25) is 5.91 Å². The summed E-state index contributed by atoms with van der Waals surface area (Å²) in [6, 6.07) is 9.55. The predicted molar refractivity (Wildman–Crippen MR) is 90.4 cm³/mol. The molecule has 1 aromatic carbocycles. The molecule has 1 aromatic rings. The molecule has 1 aliphatic rings. The molecule has 2 rings (SSSR count). The molecule has 0 saturated carbocycles. The quantitative estimate of drug-likeness (QED) is 0.858. The molecule has 5 heteroatoms. The molecule has 1 atom stereocenters. The van der Waals surface area contributed by atoms with Crippen LogP contribution in [-0.4, -0.2) is 41.6 Å². The monoisotopic (exact) mass is 318 g/mol. The zero-order valence-corrected chi connectivity index (χ0v) is 14.4. The highest BCUT2D eigenvalue weighted by Crippen LogP contribution is 2.24. The van der Waals surface area contributed by atoms with E-state index in [2.05, 4.69) is 0 Å². The minimum absolute atomic E-state index is 0.00560. The summed E-state index contributed by atoms with van der Waals surface area (Å²) in [7, 11) is 0. The van der Waals surface area contributed by atoms with Crippen LogP contribution in [0, 0.1) is 0 Å². The molecule has 0 N–H and O–H groups in total. The topological polar surface area (TPSA) is 49.9 Å². The molecule has 126 valence electrons. The lowest BCUT2D eigenvalue weighted by Crippen LogP contribution is -2.46. The van der Waals surface area contributed by atoms with Gasteiger partial charge < -0.3 is 14.5 Å². The minimum atomic E-state index is -0.510. The second kappa shape index (κ2) is 7.02. The first-order valence-electron chi connectivity index (χ1n) is 8.11. The maximum absolute atomic E-state index is 12.4. The molecule has 23 heavy (non-hydrogen) atoms. The zero-order chi connectivity index (χ0) is 17.0. The van der Waals surface area contributed by atoms with Crippen molar-refractivity contribution in [2.75, 3.05) is 18.0 Å². The molecule has 1 unspecified atom stereocenters. The van der Waals surface area contributed by atoms with E-state index in [1.54, 1.807) is 16.7 Å². The lowest BCUT2D eigenvalue weighted by molar-refractivity contribution is -0.116. The van der Waals surface area contributed by atoms with E-state index in [0.717, 1.165) is 18.5 Å². The van der Waals surface area contributed by atoms with Gasteiger partial charge in [0.1, 0.15) is 5.60 Å². The number of hydrogen-bond acceptors (Lipinski definition) is 3. The standard InChI is InChI=1S/C18H26N2O3/c1-14(21)20(15-9-6-5-7-10-15)13-16-11-8-12-19(16)17(22)23-18(2,3)4/h5-7,9-10,16H,8,11-13H2,1-4H3. The summed E-state index contributed by atoms with van der Waals surface area (Å²) >= 11 is 0. The Morgan fingerprint density at radius 2 is 1.91 bits per heavy atom. The van der Waals surface area contributed by atoms with Gasteiger partial charge in [0.15, 0.2) is 0 Å². The van der Waals surface area contributed by atoms with E-state index in [9.17, 15) is 9.59 Å². The lowest BCUT2D eigenvalue weighted by Gasteiger charge is -2.32. The molecule has 5 nitrogen and oxygen atoms in total. The molecule has 2 amide bonds. The van der Waals surface area contributed by atoms with Crippen molar-refractivity contribution in [2.45, 2.75) is 52.2 Å². The van der Waals surface area contributed by atoms with E-state index >= 15 is 0 Å². The number of ether oxygens (including phenoxy) is 1. The van der Waals surface area contributed by atoms with Crippen LogP contribution in [0.4, 0.5) is 10.5 Å². The first-order chi connectivity index (χ1) is 10.8. The van der Waals surface area contributed by atoms with Gasteiger partial charge in [0.05, 0.1) is 6.04 Å². The van der Waals surface area contributed by atoms with E-state index in [1.165, 1.54) is 0 Å². The van der Waals surface area contributed by atoms with Crippen LogP contribution < -0.4 is 4.90 Å². The summed E-state index contributed by atoms with van der Waals surface area (Å²) in [5.41, 5.74) is 0.347. The van der Waals surface area contributed by atoms with Gasteiger partial charge in [-0.1, -0.05) is 18.2 Å². The molecule has 1 heterocycles. The fourth-order valence-corrected chi connectivity index (χ4v) is 2.82. The molecule has 0 bridgehead atoms. The third kappa shape index (κ3) is 4.71. The maximum Gasteiger partial charge on any atom is 0.410 e. The van der Waals surface area contributed by atoms with Crippen LogP contribution in [0.25, 0.3) is 0 Å². The van der Waals surface area contributed by atoms with Crippen molar-refractivity contribution in [3.8, 4) is 0 Å². The Morgan fingerprint density at radius 1 is 1.26 bits per heavy atom. The second-order valence-electron chi connectivity index (χ2n) is 6.93. The first kappa shape index (κ1) is 17.3. The van der Waals surface area contributed by atoms with Crippen molar-refractivity contribution in [3.63, 3.8) is 0 Å². The van der Waals surface area contributed by atoms with Crippen molar-refractivity contribution >= 4 is 17.7 Å². The van der Waals surface area contributed by atoms with E-state index in [4.69, 9.17) is 4.74 Å². The average Bonchev–Trinajstić information content (AvgIpc) is 2.92. The van der Waals surface area contributed by atoms with Crippen LogP contribution in [0.5, 0.6) is 0 Å². The number of nitrogens with zero attached hydrogens (tertiary/aromatic N) is 2. The van der Waals surface area contributed by atoms with Crippen molar-refractivity contribution < 1.29 is 14.3 Å². The van der Waals surface area contributed by atoms with Gasteiger partial charge in [-0.2, -0.15) is 0 Å². The first-order valence-corrected chi connectivity index (χ1v) is 8.11.